The van der Waals surface area contributed by atoms with Crippen LogP contribution in [0.1, 0.15) is 0 Å². The second-order valence-electron chi connectivity index (χ2n) is 12.1. The predicted molar refractivity (Wildman–Crippen MR) is 200 cm³/mol. The van der Waals surface area contributed by atoms with Crippen molar-refractivity contribution in [3.8, 4) is 39.1 Å². The highest BCUT2D eigenvalue weighted by Crippen LogP contribution is 2.48. The lowest BCUT2D eigenvalue weighted by molar-refractivity contribution is 0.670. The molecule has 3 heterocycles. The van der Waals surface area contributed by atoms with Gasteiger partial charge < -0.3 is 8.98 Å². The molecule has 2 nitrogen and oxygen atoms in total. The molecular formula is C44H27NOS. The summed E-state index contributed by atoms with van der Waals surface area (Å²) in [6.45, 7) is 0. The van der Waals surface area contributed by atoms with Crippen LogP contribution in [0.2, 0.25) is 0 Å². The van der Waals surface area contributed by atoms with Crippen LogP contribution in [0, 0.1) is 0 Å². The van der Waals surface area contributed by atoms with Gasteiger partial charge in [0, 0.05) is 43.1 Å². The average molecular weight is 618 g/mol. The Morgan fingerprint density at radius 1 is 0.426 bits per heavy atom. The van der Waals surface area contributed by atoms with Crippen molar-refractivity contribution < 1.29 is 4.42 Å². The smallest absolute Gasteiger partial charge is 0.143 e. The lowest BCUT2D eigenvalue weighted by Crippen LogP contribution is -1.93. The van der Waals surface area contributed by atoms with Gasteiger partial charge in [0.15, 0.2) is 0 Å². The minimum atomic E-state index is 0.904. The summed E-state index contributed by atoms with van der Waals surface area (Å²) in [5, 5.41) is 4.83. The molecule has 0 saturated carbocycles. The van der Waals surface area contributed by atoms with E-state index in [1.165, 1.54) is 64.7 Å². The van der Waals surface area contributed by atoms with Crippen LogP contribution in [0.15, 0.2) is 168 Å². The Kier molecular flexibility index (Phi) is 5.78. The Bertz CT molecular complexity index is 2780. The molecule has 7 aromatic carbocycles. The first kappa shape index (κ1) is 26.3. The van der Waals surface area contributed by atoms with E-state index in [4.69, 9.17) is 4.42 Å². The largest absolute Gasteiger partial charge is 0.455 e. The molecule has 0 bridgehead atoms. The molecule has 0 atom stereocenters. The Morgan fingerprint density at radius 3 is 1.89 bits per heavy atom. The number of hydrogen-bond acceptors (Lipinski definition) is 2. The molecule has 0 fully saturated rings. The maximum Gasteiger partial charge on any atom is 0.143 e. The molecule has 0 N–H and O–H groups in total. The molecule has 0 amide bonds. The second-order valence-corrected chi connectivity index (χ2v) is 13.1. The minimum absolute atomic E-state index is 0.904. The molecule has 0 unspecified atom stereocenters. The standard InChI is InChI=1S/C44H27NOS/c1-3-13-28(14-4-1)29-25-26-40-38(27-29)34-21-11-20-33(42(34)46-40)31-17-7-8-18-32(31)35-22-12-23-37-41-44(47-43(35)37)36-19-9-10-24-39(36)45(41)30-15-5-2-6-16-30/h1-27H. The van der Waals surface area contributed by atoms with E-state index in [2.05, 4.69) is 168 Å². The summed E-state index contributed by atoms with van der Waals surface area (Å²) in [6, 6.07) is 58.6. The summed E-state index contributed by atoms with van der Waals surface area (Å²) in [6.07, 6.45) is 0. The zero-order valence-corrected chi connectivity index (χ0v) is 26.2. The van der Waals surface area contributed by atoms with Crippen LogP contribution < -0.4 is 0 Å². The van der Waals surface area contributed by atoms with Gasteiger partial charge in [-0.1, -0.05) is 133 Å². The van der Waals surface area contributed by atoms with E-state index < -0.39 is 0 Å². The SMILES string of the molecule is c1ccc(-c2ccc3oc4c(-c5ccccc5-c5cccc6c5sc5c7ccccc7n(-c7ccccc7)c65)cccc4c3c2)cc1. The van der Waals surface area contributed by atoms with Gasteiger partial charge in [-0.25, -0.2) is 0 Å². The van der Waals surface area contributed by atoms with Crippen molar-refractivity contribution in [3.63, 3.8) is 0 Å². The van der Waals surface area contributed by atoms with Gasteiger partial charge >= 0.3 is 0 Å². The summed E-state index contributed by atoms with van der Waals surface area (Å²) >= 11 is 1.89. The van der Waals surface area contributed by atoms with Gasteiger partial charge in [0.1, 0.15) is 11.2 Å². The molecule has 3 aromatic heterocycles. The van der Waals surface area contributed by atoms with Crippen LogP contribution in [0.25, 0.3) is 92.2 Å². The molecule has 0 spiro atoms. The van der Waals surface area contributed by atoms with Crippen molar-refractivity contribution in [2.45, 2.75) is 0 Å². The van der Waals surface area contributed by atoms with E-state index >= 15 is 0 Å². The molecule has 0 aliphatic carbocycles. The molecule has 220 valence electrons. The van der Waals surface area contributed by atoms with Gasteiger partial charge in [0.2, 0.25) is 0 Å². The number of para-hydroxylation sites is 3. The van der Waals surface area contributed by atoms with Gasteiger partial charge in [0.05, 0.1) is 15.7 Å². The molecule has 47 heavy (non-hydrogen) atoms. The van der Waals surface area contributed by atoms with Gasteiger partial charge in [-0.15, -0.1) is 11.3 Å². The van der Waals surface area contributed by atoms with E-state index in [1.807, 2.05) is 11.3 Å². The van der Waals surface area contributed by atoms with Gasteiger partial charge in [0.25, 0.3) is 0 Å². The first-order valence-electron chi connectivity index (χ1n) is 15.9. The number of hydrogen-bond donors (Lipinski definition) is 0. The number of benzene rings is 7. The molecule has 0 saturated heterocycles. The predicted octanol–water partition coefficient (Wildman–Crippen LogP) is 12.9. The second kappa shape index (κ2) is 10.3. The number of thiophene rings is 1. The quantitative estimate of drug-likeness (QED) is 0.192. The molecular weight excluding hydrogens is 591 g/mol. The van der Waals surface area contributed by atoms with E-state index in [0.29, 0.717) is 0 Å². The van der Waals surface area contributed by atoms with Crippen LogP contribution in [-0.4, -0.2) is 4.57 Å². The lowest BCUT2D eigenvalue weighted by Gasteiger charge is -2.12. The van der Waals surface area contributed by atoms with Crippen LogP contribution in [-0.2, 0) is 0 Å². The maximum absolute atomic E-state index is 6.66. The molecule has 10 aromatic rings. The highest BCUT2D eigenvalue weighted by Gasteiger charge is 2.21. The van der Waals surface area contributed by atoms with Gasteiger partial charge in [-0.2, -0.15) is 0 Å². The first-order valence-corrected chi connectivity index (χ1v) is 16.8. The molecule has 3 heteroatoms. The fourth-order valence-corrected chi connectivity index (χ4v) is 8.67. The lowest BCUT2D eigenvalue weighted by atomic mass is 9.93. The van der Waals surface area contributed by atoms with Crippen molar-refractivity contribution in [1.82, 2.24) is 4.57 Å². The van der Waals surface area contributed by atoms with Crippen molar-refractivity contribution >= 4 is 64.5 Å². The number of rotatable bonds is 4. The number of aromatic nitrogens is 1. The highest BCUT2D eigenvalue weighted by molar-refractivity contribution is 7.27. The summed E-state index contributed by atoms with van der Waals surface area (Å²) in [5.74, 6) is 0. The molecule has 10 rings (SSSR count). The zero-order valence-electron chi connectivity index (χ0n) is 25.4. The Hall–Kier alpha value is -5.90. The maximum atomic E-state index is 6.66. The normalized spacial score (nSPS) is 11.8. The van der Waals surface area contributed by atoms with Crippen molar-refractivity contribution in [1.29, 1.82) is 0 Å². The highest BCUT2D eigenvalue weighted by atomic mass is 32.1. The van der Waals surface area contributed by atoms with Gasteiger partial charge in [-0.05, 0) is 52.6 Å². The van der Waals surface area contributed by atoms with Crippen LogP contribution >= 0.6 is 11.3 Å². The van der Waals surface area contributed by atoms with Crippen LogP contribution in [0.4, 0.5) is 0 Å². The topological polar surface area (TPSA) is 18.1 Å². The third-order valence-electron chi connectivity index (χ3n) is 9.43. The van der Waals surface area contributed by atoms with Gasteiger partial charge in [-0.3, -0.25) is 0 Å². The van der Waals surface area contributed by atoms with E-state index in [0.717, 1.165) is 27.5 Å². The van der Waals surface area contributed by atoms with Crippen molar-refractivity contribution in [2.75, 3.05) is 0 Å². The Labute approximate surface area is 275 Å². The fourth-order valence-electron chi connectivity index (χ4n) is 7.32. The van der Waals surface area contributed by atoms with E-state index in [1.54, 1.807) is 0 Å². The van der Waals surface area contributed by atoms with Crippen molar-refractivity contribution in [3.05, 3.63) is 164 Å². The van der Waals surface area contributed by atoms with E-state index in [9.17, 15) is 0 Å². The summed E-state index contributed by atoms with van der Waals surface area (Å²) in [7, 11) is 0. The van der Waals surface area contributed by atoms with Crippen LogP contribution in [0.3, 0.4) is 0 Å². The third kappa shape index (κ3) is 3.97. The van der Waals surface area contributed by atoms with Crippen LogP contribution in [0.5, 0.6) is 0 Å². The van der Waals surface area contributed by atoms with E-state index in [-0.39, 0.29) is 0 Å². The number of fused-ring (bicyclic) bond motifs is 8. The summed E-state index contributed by atoms with van der Waals surface area (Å²) in [5.41, 5.74) is 12.6. The van der Waals surface area contributed by atoms with Crippen molar-refractivity contribution in [2.24, 2.45) is 0 Å². The molecule has 0 radical (unpaired) electrons. The number of furan rings is 1. The average Bonchev–Trinajstić information content (AvgIpc) is 3.81. The summed E-state index contributed by atoms with van der Waals surface area (Å²) in [4.78, 5) is 0. The zero-order chi connectivity index (χ0) is 30.9. The molecule has 0 aliphatic heterocycles. The third-order valence-corrected chi connectivity index (χ3v) is 10.7. The first-order chi connectivity index (χ1) is 23.3. The Morgan fingerprint density at radius 2 is 1.06 bits per heavy atom. The minimum Gasteiger partial charge on any atom is -0.455 e. The monoisotopic (exact) mass is 617 g/mol. The number of nitrogens with zero attached hydrogens (tertiary/aromatic N) is 1. The Balaban J connectivity index is 1.20. The summed E-state index contributed by atoms with van der Waals surface area (Å²) < 4.78 is 11.7. The molecule has 0 aliphatic rings. The fraction of sp³-hybridized carbons (Fsp3) is 0.